The molecule has 34 heavy (non-hydrogen) atoms. The first-order valence-corrected chi connectivity index (χ1v) is 11.6. The predicted octanol–water partition coefficient (Wildman–Crippen LogP) is 4.55. The number of aliphatic imine (C=N–C) groups is 1. The van der Waals surface area contributed by atoms with E-state index in [-0.39, 0.29) is 24.1 Å². The Hall–Kier alpha value is -3.40. The van der Waals surface area contributed by atoms with Crippen LogP contribution in [0.25, 0.3) is 0 Å². The molecule has 4 rings (SSSR count). The number of ether oxygens (including phenoxy) is 2. The fourth-order valence-electron chi connectivity index (χ4n) is 4.18. The van der Waals surface area contributed by atoms with Gasteiger partial charge in [0.2, 0.25) is 0 Å². The maximum absolute atomic E-state index is 10.5. The Kier molecular flexibility index (Phi) is 7.46. The monoisotopic (exact) mass is 457 g/mol. The number of nitrogens with one attached hydrogen (secondary N) is 1. The van der Waals surface area contributed by atoms with E-state index in [1.807, 2.05) is 42.6 Å². The van der Waals surface area contributed by atoms with Crippen LogP contribution in [0, 0.1) is 17.2 Å². The van der Waals surface area contributed by atoms with Gasteiger partial charge in [0, 0.05) is 24.2 Å². The highest BCUT2D eigenvalue weighted by molar-refractivity contribution is 5.63. The van der Waals surface area contributed by atoms with Crippen LogP contribution in [-0.2, 0) is 11.2 Å². The third kappa shape index (κ3) is 6.34. The molecular formula is C28H31N3O3. The van der Waals surface area contributed by atoms with Crippen molar-refractivity contribution in [2.75, 3.05) is 13.2 Å². The molecule has 6 nitrogen and oxygen atoms in total. The molecule has 1 aliphatic carbocycles. The molecule has 0 aromatic heterocycles. The Bertz CT molecular complexity index is 1100. The Balaban J connectivity index is 1.22. The Morgan fingerprint density at radius 3 is 2.56 bits per heavy atom. The second kappa shape index (κ2) is 10.7. The summed E-state index contributed by atoms with van der Waals surface area (Å²) in [5.74, 6) is 2.62. The molecule has 6 heteroatoms. The summed E-state index contributed by atoms with van der Waals surface area (Å²) in [6.07, 6.45) is 9.09. The smallest absolute Gasteiger partial charge is 0.127 e. The number of rotatable bonds is 10. The van der Waals surface area contributed by atoms with Gasteiger partial charge >= 0.3 is 0 Å². The second-order valence-electron chi connectivity index (χ2n) is 9.41. The van der Waals surface area contributed by atoms with E-state index in [1.165, 1.54) is 5.56 Å². The van der Waals surface area contributed by atoms with E-state index < -0.39 is 6.10 Å². The molecule has 0 saturated carbocycles. The molecule has 0 saturated heterocycles. The molecule has 2 N–H and O–H groups in total. The first-order valence-electron chi connectivity index (χ1n) is 11.6. The molecule has 3 unspecified atom stereocenters. The third-order valence-electron chi connectivity index (χ3n) is 6.03. The fourth-order valence-corrected chi connectivity index (χ4v) is 4.18. The highest BCUT2D eigenvalue weighted by Gasteiger charge is 2.29. The molecule has 0 radical (unpaired) electrons. The molecule has 0 amide bonds. The number of nitriles is 1. The summed E-state index contributed by atoms with van der Waals surface area (Å²) in [5, 5.41) is 22.8. The number of hydrogen-bond donors (Lipinski definition) is 2. The largest absolute Gasteiger partial charge is 0.495 e. The first-order chi connectivity index (χ1) is 16.4. The summed E-state index contributed by atoms with van der Waals surface area (Å²) >= 11 is 0. The normalized spacial score (nSPS) is 19.8. The van der Waals surface area contributed by atoms with E-state index in [1.54, 1.807) is 24.3 Å². The van der Waals surface area contributed by atoms with Crippen molar-refractivity contribution >= 4 is 6.21 Å². The average molecular weight is 458 g/mol. The van der Waals surface area contributed by atoms with Gasteiger partial charge in [0.1, 0.15) is 30.0 Å². The standard InChI is InChI=1S/C28H31N3O3/c1-28(2,31-18-22(32)19-33-27-5-3-4-26-25(27)14-15-30-26)16-20-6-10-23(11-7-20)34-24-12-8-21(17-29)9-13-24/h3-13,15,22,25-26,31-32H,14,16,18-19H2,1-2H3. The minimum absolute atomic E-state index is 0.176. The molecule has 2 aromatic carbocycles. The van der Waals surface area contributed by atoms with Gasteiger partial charge in [0.25, 0.3) is 0 Å². The zero-order valence-electron chi connectivity index (χ0n) is 19.6. The van der Waals surface area contributed by atoms with Crippen molar-refractivity contribution in [3.63, 3.8) is 0 Å². The summed E-state index contributed by atoms with van der Waals surface area (Å²) in [7, 11) is 0. The topological polar surface area (TPSA) is 86.9 Å². The van der Waals surface area contributed by atoms with Crippen LogP contribution in [-0.4, -0.2) is 42.2 Å². The Morgan fingerprint density at radius 2 is 1.85 bits per heavy atom. The van der Waals surface area contributed by atoms with Gasteiger partial charge in [-0.3, -0.25) is 4.99 Å². The van der Waals surface area contributed by atoms with E-state index in [0.29, 0.717) is 17.9 Å². The summed E-state index contributed by atoms with van der Waals surface area (Å²) in [6.45, 7) is 4.95. The summed E-state index contributed by atoms with van der Waals surface area (Å²) in [5.41, 5.74) is 1.57. The van der Waals surface area contributed by atoms with Crippen molar-refractivity contribution in [1.82, 2.24) is 5.32 Å². The Labute approximate surface area is 201 Å². The highest BCUT2D eigenvalue weighted by atomic mass is 16.5. The zero-order chi connectivity index (χ0) is 24.0. The molecule has 2 aromatic rings. The molecule has 0 bridgehead atoms. The quantitative estimate of drug-likeness (QED) is 0.547. The summed E-state index contributed by atoms with van der Waals surface area (Å²) in [6, 6.07) is 17.3. The van der Waals surface area contributed by atoms with Crippen molar-refractivity contribution in [1.29, 1.82) is 5.26 Å². The number of β-amino-alcohol motifs (C(OH)–C–C–N with tert-alkyl or cyclic N) is 1. The lowest BCUT2D eigenvalue weighted by molar-refractivity contribution is 0.0555. The van der Waals surface area contributed by atoms with Crippen LogP contribution in [0.1, 0.15) is 31.4 Å². The number of hydrogen-bond acceptors (Lipinski definition) is 6. The second-order valence-corrected chi connectivity index (χ2v) is 9.41. The third-order valence-corrected chi connectivity index (χ3v) is 6.03. The predicted molar refractivity (Wildman–Crippen MR) is 133 cm³/mol. The van der Waals surface area contributed by atoms with Gasteiger partial charge in [0.15, 0.2) is 0 Å². The Morgan fingerprint density at radius 1 is 1.15 bits per heavy atom. The van der Waals surface area contributed by atoms with Crippen LogP contribution in [0.3, 0.4) is 0 Å². The van der Waals surface area contributed by atoms with Crippen molar-refractivity contribution in [2.24, 2.45) is 10.9 Å². The lowest BCUT2D eigenvalue weighted by atomic mass is 9.93. The SMILES string of the molecule is CC(C)(Cc1ccc(Oc2ccc(C#N)cc2)cc1)NCC(O)COC1=CC=CC2N=CCC12. The highest BCUT2D eigenvalue weighted by Crippen LogP contribution is 2.30. The first kappa shape index (κ1) is 23.7. The van der Waals surface area contributed by atoms with Gasteiger partial charge in [0.05, 0.1) is 17.7 Å². The van der Waals surface area contributed by atoms with Gasteiger partial charge in [-0.2, -0.15) is 5.26 Å². The number of aliphatic hydroxyl groups is 1. The number of aliphatic hydroxyl groups excluding tert-OH is 1. The van der Waals surface area contributed by atoms with Crippen molar-refractivity contribution in [3.05, 3.63) is 83.6 Å². The van der Waals surface area contributed by atoms with Gasteiger partial charge in [-0.15, -0.1) is 0 Å². The van der Waals surface area contributed by atoms with E-state index in [9.17, 15) is 5.11 Å². The van der Waals surface area contributed by atoms with Gasteiger partial charge in [-0.1, -0.05) is 24.3 Å². The van der Waals surface area contributed by atoms with Gasteiger partial charge in [-0.05, 0) is 74.7 Å². The number of benzene rings is 2. The maximum atomic E-state index is 10.5. The molecule has 0 fully saturated rings. The van der Waals surface area contributed by atoms with Crippen molar-refractivity contribution in [3.8, 4) is 17.6 Å². The molecule has 0 spiro atoms. The molecule has 1 aliphatic heterocycles. The van der Waals surface area contributed by atoms with E-state index in [4.69, 9.17) is 14.7 Å². The van der Waals surface area contributed by atoms with E-state index in [2.05, 4.69) is 36.3 Å². The van der Waals surface area contributed by atoms with Crippen LogP contribution >= 0.6 is 0 Å². The maximum Gasteiger partial charge on any atom is 0.127 e. The van der Waals surface area contributed by atoms with Crippen molar-refractivity contribution in [2.45, 2.75) is 44.4 Å². The minimum atomic E-state index is -0.602. The van der Waals surface area contributed by atoms with Crippen LogP contribution < -0.4 is 10.1 Å². The van der Waals surface area contributed by atoms with Crippen LogP contribution in [0.15, 0.2) is 77.5 Å². The summed E-state index contributed by atoms with van der Waals surface area (Å²) < 4.78 is 11.8. The fraction of sp³-hybridized carbons (Fsp3) is 0.357. The van der Waals surface area contributed by atoms with Crippen molar-refractivity contribution < 1.29 is 14.6 Å². The number of fused-ring (bicyclic) bond motifs is 1. The number of allylic oxidation sites excluding steroid dienone is 2. The number of nitrogens with zero attached hydrogens (tertiary/aromatic N) is 2. The molecule has 176 valence electrons. The van der Waals surface area contributed by atoms with E-state index in [0.717, 1.165) is 24.4 Å². The van der Waals surface area contributed by atoms with Crippen LogP contribution in [0.5, 0.6) is 11.5 Å². The molecule has 2 aliphatic rings. The molecule has 1 heterocycles. The zero-order valence-corrected chi connectivity index (χ0v) is 19.6. The average Bonchev–Trinajstić information content (AvgIpc) is 3.33. The summed E-state index contributed by atoms with van der Waals surface area (Å²) in [4.78, 5) is 4.45. The molecular weight excluding hydrogens is 426 g/mol. The van der Waals surface area contributed by atoms with Gasteiger partial charge in [-0.25, -0.2) is 0 Å². The van der Waals surface area contributed by atoms with Crippen LogP contribution in [0.2, 0.25) is 0 Å². The van der Waals surface area contributed by atoms with Gasteiger partial charge < -0.3 is 19.9 Å². The van der Waals surface area contributed by atoms with E-state index >= 15 is 0 Å². The minimum Gasteiger partial charge on any atom is -0.495 e. The molecule has 3 atom stereocenters. The van der Waals surface area contributed by atoms with Crippen LogP contribution in [0.4, 0.5) is 0 Å². The lowest BCUT2D eigenvalue weighted by Crippen LogP contribution is -2.46. The lowest BCUT2D eigenvalue weighted by Gasteiger charge is -2.29.